The summed E-state index contributed by atoms with van der Waals surface area (Å²) in [6, 6.07) is 3.62. The second-order valence-electron chi connectivity index (χ2n) is 5.17. The number of rotatable bonds is 2. The molecule has 0 aliphatic heterocycles. The van der Waals surface area contributed by atoms with Crippen LogP contribution in [0.1, 0.15) is 37.3 Å². The summed E-state index contributed by atoms with van der Waals surface area (Å²) >= 11 is 0. The number of hydrogen-bond acceptors (Lipinski definition) is 4. The van der Waals surface area contributed by atoms with Crippen LogP contribution in [0.4, 0.5) is 14.7 Å². The summed E-state index contributed by atoms with van der Waals surface area (Å²) in [5.74, 6) is -2.36. The summed E-state index contributed by atoms with van der Waals surface area (Å²) in [5, 5.41) is 4.00. The Kier molecular flexibility index (Phi) is 3.16. The molecule has 0 atom stereocenters. The van der Waals surface area contributed by atoms with Crippen molar-refractivity contribution in [3.8, 4) is 11.1 Å². The van der Waals surface area contributed by atoms with Gasteiger partial charge >= 0.3 is 0 Å². The van der Waals surface area contributed by atoms with Crippen molar-refractivity contribution in [1.82, 2.24) is 10.1 Å². The van der Waals surface area contributed by atoms with Crippen LogP contribution in [0, 0.1) is 0 Å². The molecule has 2 aromatic rings. The zero-order valence-electron chi connectivity index (χ0n) is 10.9. The zero-order chi connectivity index (χ0) is 14.2. The van der Waals surface area contributed by atoms with Gasteiger partial charge in [0.05, 0.1) is 11.3 Å². The first-order chi connectivity index (χ1) is 9.57. The van der Waals surface area contributed by atoms with Crippen molar-refractivity contribution in [2.24, 2.45) is 0 Å². The Bertz CT molecular complexity index is 588. The average molecular weight is 279 g/mol. The molecule has 2 heterocycles. The van der Waals surface area contributed by atoms with E-state index in [1.54, 1.807) is 12.4 Å². The average Bonchev–Trinajstić information content (AvgIpc) is 2.82. The van der Waals surface area contributed by atoms with Crippen LogP contribution < -0.4 is 5.73 Å². The van der Waals surface area contributed by atoms with Gasteiger partial charge in [0.1, 0.15) is 0 Å². The highest BCUT2D eigenvalue weighted by atomic mass is 19.3. The first kappa shape index (κ1) is 13.0. The van der Waals surface area contributed by atoms with Crippen LogP contribution in [0.2, 0.25) is 0 Å². The normalized spacial score (nSPS) is 19.1. The van der Waals surface area contributed by atoms with Crippen LogP contribution in [-0.4, -0.2) is 16.1 Å². The first-order valence-corrected chi connectivity index (χ1v) is 6.60. The molecule has 2 aromatic heterocycles. The molecule has 0 bridgehead atoms. The van der Waals surface area contributed by atoms with Crippen molar-refractivity contribution in [3.63, 3.8) is 0 Å². The lowest BCUT2D eigenvalue weighted by Gasteiger charge is -2.27. The zero-order valence-corrected chi connectivity index (χ0v) is 10.9. The monoisotopic (exact) mass is 279 g/mol. The van der Waals surface area contributed by atoms with E-state index in [1.165, 1.54) is 0 Å². The molecule has 0 unspecified atom stereocenters. The molecule has 20 heavy (non-hydrogen) atoms. The number of nitrogens with two attached hydrogens (primary N) is 1. The maximum atomic E-state index is 13.2. The van der Waals surface area contributed by atoms with Crippen LogP contribution in [0.3, 0.4) is 0 Å². The molecular weight excluding hydrogens is 264 g/mol. The van der Waals surface area contributed by atoms with E-state index in [0.717, 1.165) is 5.56 Å². The Morgan fingerprint density at radius 3 is 2.50 bits per heavy atom. The molecular formula is C14H15F2N3O. The van der Waals surface area contributed by atoms with Crippen LogP contribution in [0.15, 0.2) is 29.0 Å². The fourth-order valence-corrected chi connectivity index (χ4v) is 2.72. The molecule has 0 aromatic carbocycles. The third-order valence-electron chi connectivity index (χ3n) is 3.82. The third kappa shape index (κ3) is 2.37. The lowest BCUT2D eigenvalue weighted by molar-refractivity contribution is -0.0386. The molecule has 3 rings (SSSR count). The van der Waals surface area contributed by atoms with Gasteiger partial charge in [0.15, 0.2) is 0 Å². The summed E-state index contributed by atoms with van der Waals surface area (Å²) in [6.07, 6.45) is 3.88. The molecule has 4 nitrogen and oxygen atoms in total. The molecule has 1 aliphatic rings. The Morgan fingerprint density at radius 1 is 1.20 bits per heavy atom. The molecule has 0 saturated heterocycles. The first-order valence-electron chi connectivity index (χ1n) is 6.60. The second-order valence-corrected chi connectivity index (χ2v) is 5.17. The lowest BCUT2D eigenvalue weighted by Crippen LogP contribution is -2.24. The standard InChI is InChI=1S/C14H15F2N3O/c15-14(16)5-1-10(2-6-14)12-11(13(17)20-19-12)9-3-7-18-8-4-9/h3-4,7-8,10H,1-2,5-6,17H2. The van der Waals surface area contributed by atoms with Gasteiger partial charge in [-0.05, 0) is 30.5 Å². The minimum Gasteiger partial charge on any atom is -0.367 e. The van der Waals surface area contributed by atoms with Gasteiger partial charge in [-0.15, -0.1) is 0 Å². The number of aromatic nitrogens is 2. The van der Waals surface area contributed by atoms with E-state index in [-0.39, 0.29) is 24.6 Å². The van der Waals surface area contributed by atoms with E-state index in [2.05, 4.69) is 10.1 Å². The van der Waals surface area contributed by atoms with Crippen molar-refractivity contribution in [1.29, 1.82) is 0 Å². The number of halogens is 2. The number of hydrogen-bond donors (Lipinski definition) is 1. The van der Waals surface area contributed by atoms with Crippen LogP contribution >= 0.6 is 0 Å². The van der Waals surface area contributed by atoms with Crippen LogP contribution in [-0.2, 0) is 0 Å². The van der Waals surface area contributed by atoms with Crippen molar-refractivity contribution in [3.05, 3.63) is 30.2 Å². The highest BCUT2D eigenvalue weighted by molar-refractivity contribution is 5.75. The third-order valence-corrected chi connectivity index (χ3v) is 3.82. The minimum atomic E-state index is -2.55. The van der Waals surface area contributed by atoms with Gasteiger partial charge in [-0.2, -0.15) is 0 Å². The number of alkyl halides is 2. The lowest BCUT2D eigenvalue weighted by atomic mass is 9.82. The summed E-state index contributed by atoms with van der Waals surface area (Å²) in [5.41, 5.74) is 8.08. The summed E-state index contributed by atoms with van der Waals surface area (Å²) < 4.78 is 31.6. The van der Waals surface area contributed by atoms with Crippen LogP contribution in [0.5, 0.6) is 0 Å². The molecule has 106 valence electrons. The van der Waals surface area contributed by atoms with E-state index in [4.69, 9.17) is 10.3 Å². The van der Waals surface area contributed by atoms with E-state index < -0.39 is 5.92 Å². The number of nitrogen functional groups attached to an aromatic ring is 1. The van der Waals surface area contributed by atoms with Crippen LogP contribution in [0.25, 0.3) is 11.1 Å². The van der Waals surface area contributed by atoms with Gasteiger partial charge in [0, 0.05) is 31.2 Å². The number of pyridine rings is 1. The van der Waals surface area contributed by atoms with Gasteiger partial charge in [0.25, 0.3) is 0 Å². The molecule has 0 spiro atoms. The number of nitrogens with zero attached hydrogens (tertiary/aromatic N) is 2. The quantitative estimate of drug-likeness (QED) is 0.912. The molecule has 2 N–H and O–H groups in total. The predicted octanol–water partition coefficient (Wildman–Crippen LogP) is 3.61. The summed E-state index contributed by atoms with van der Waals surface area (Å²) in [4.78, 5) is 3.96. The SMILES string of the molecule is Nc1onc(C2CCC(F)(F)CC2)c1-c1ccncc1. The fourth-order valence-electron chi connectivity index (χ4n) is 2.72. The topological polar surface area (TPSA) is 64.9 Å². The van der Waals surface area contributed by atoms with E-state index in [9.17, 15) is 8.78 Å². The Labute approximate surface area is 115 Å². The molecule has 1 saturated carbocycles. The van der Waals surface area contributed by atoms with Gasteiger partial charge in [-0.3, -0.25) is 4.98 Å². The van der Waals surface area contributed by atoms with Crippen molar-refractivity contribution in [2.45, 2.75) is 37.5 Å². The van der Waals surface area contributed by atoms with Gasteiger partial charge < -0.3 is 10.3 Å². The van der Waals surface area contributed by atoms with E-state index in [1.807, 2.05) is 12.1 Å². The highest BCUT2D eigenvalue weighted by Crippen LogP contribution is 2.44. The van der Waals surface area contributed by atoms with E-state index >= 15 is 0 Å². The molecule has 0 amide bonds. The van der Waals surface area contributed by atoms with Crippen molar-refractivity contribution in [2.75, 3.05) is 5.73 Å². The second kappa shape index (κ2) is 4.85. The highest BCUT2D eigenvalue weighted by Gasteiger charge is 2.37. The molecule has 1 fully saturated rings. The largest absolute Gasteiger partial charge is 0.367 e. The van der Waals surface area contributed by atoms with Crippen molar-refractivity contribution >= 4 is 5.88 Å². The van der Waals surface area contributed by atoms with Gasteiger partial charge in [-0.25, -0.2) is 8.78 Å². The fraction of sp³-hybridized carbons (Fsp3) is 0.429. The minimum absolute atomic E-state index is 0.0289. The Balaban J connectivity index is 1.92. The van der Waals surface area contributed by atoms with Gasteiger partial charge in [-0.1, -0.05) is 5.16 Å². The Hall–Kier alpha value is -1.98. The molecule has 6 heteroatoms. The molecule has 0 radical (unpaired) electrons. The summed E-state index contributed by atoms with van der Waals surface area (Å²) in [6.45, 7) is 0. The number of anilines is 1. The Morgan fingerprint density at radius 2 is 1.85 bits per heavy atom. The maximum absolute atomic E-state index is 13.2. The van der Waals surface area contributed by atoms with Crippen molar-refractivity contribution < 1.29 is 13.3 Å². The van der Waals surface area contributed by atoms with Gasteiger partial charge in [0.2, 0.25) is 11.8 Å². The molecule has 1 aliphatic carbocycles. The van der Waals surface area contributed by atoms with E-state index in [0.29, 0.717) is 24.1 Å². The maximum Gasteiger partial charge on any atom is 0.248 e. The smallest absolute Gasteiger partial charge is 0.248 e. The predicted molar refractivity (Wildman–Crippen MR) is 70.3 cm³/mol. The summed E-state index contributed by atoms with van der Waals surface area (Å²) in [7, 11) is 0.